The zero-order valence-corrected chi connectivity index (χ0v) is 19.6. The van der Waals surface area contributed by atoms with Crippen molar-refractivity contribution in [3.8, 4) is 0 Å². The molecule has 0 radical (unpaired) electrons. The normalized spacial score (nSPS) is 19.2. The number of nitrogens with zero attached hydrogens (tertiary/aromatic N) is 2. The Labute approximate surface area is 197 Å². The Morgan fingerprint density at radius 3 is 2.44 bits per heavy atom. The van der Waals surface area contributed by atoms with Gasteiger partial charge in [0, 0.05) is 13.5 Å². The Morgan fingerprint density at radius 1 is 1.12 bits per heavy atom. The molecule has 1 saturated heterocycles. The number of oxazole rings is 1. The highest BCUT2D eigenvalue weighted by Gasteiger charge is 2.45. The van der Waals surface area contributed by atoms with Gasteiger partial charge in [-0.3, -0.25) is 14.4 Å². The van der Waals surface area contributed by atoms with Crippen molar-refractivity contribution in [2.45, 2.75) is 48.9 Å². The number of hydrogen-bond acceptors (Lipinski definition) is 7. The first-order valence-electron chi connectivity index (χ1n) is 11.0. The lowest BCUT2D eigenvalue weighted by Gasteiger charge is -2.24. The molecular weight excluding hydrogens is 458 g/mol. The van der Waals surface area contributed by atoms with Crippen molar-refractivity contribution in [2.24, 2.45) is 0 Å². The molecule has 2 aromatic carbocycles. The van der Waals surface area contributed by atoms with Gasteiger partial charge >= 0.3 is 0 Å². The molecule has 1 aromatic heterocycles. The Balaban J connectivity index is 1.53. The van der Waals surface area contributed by atoms with Crippen LogP contribution in [-0.2, 0) is 19.4 Å². The quantitative estimate of drug-likeness (QED) is 0.511. The van der Waals surface area contributed by atoms with Gasteiger partial charge < -0.3 is 14.6 Å². The minimum Gasteiger partial charge on any atom is -0.434 e. The molecule has 0 aliphatic carbocycles. The molecule has 9 nitrogen and oxygen atoms in total. The number of benzene rings is 2. The van der Waals surface area contributed by atoms with Crippen LogP contribution in [0.2, 0.25) is 0 Å². The van der Waals surface area contributed by atoms with Crippen LogP contribution in [0.25, 0.3) is 11.1 Å². The fraction of sp³-hybridized carbons (Fsp3) is 0.333. The lowest BCUT2D eigenvalue weighted by atomic mass is 10.1. The maximum atomic E-state index is 13.1. The molecule has 1 fully saturated rings. The molecule has 10 heteroatoms. The Bertz CT molecular complexity index is 1300. The van der Waals surface area contributed by atoms with Gasteiger partial charge in [0.2, 0.25) is 17.6 Å². The second-order valence-corrected chi connectivity index (χ2v) is 10.5. The molecule has 1 aliphatic heterocycles. The zero-order chi connectivity index (χ0) is 24.5. The maximum absolute atomic E-state index is 13.1. The summed E-state index contributed by atoms with van der Waals surface area (Å²) in [5.41, 5.74) is 0.985. The number of hydrogen-bond donors (Lipinski definition) is 1. The van der Waals surface area contributed by atoms with Crippen molar-refractivity contribution >= 4 is 38.5 Å². The van der Waals surface area contributed by atoms with Gasteiger partial charge in [0.25, 0.3) is 5.89 Å². The van der Waals surface area contributed by atoms with Gasteiger partial charge in [-0.25, -0.2) is 13.4 Å². The minimum atomic E-state index is -3.75. The molecule has 3 aromatic rings. The summed E-state index contributed by atoms with van der Waals surface area (Å²) in [6.07, 6.45) is 0.206. The average Bonchev–Trinajstić information content (AvgIpc) is 3.48. The van der Waals surface area contributed by atoms with Gasteiger partial charge in [0.1, 0.15) is 11.6 Å². The number of Topliss-reactive ketones (excluding diaryl/α,β-unsaturated/α-hetero) is 1. The molecule has 0 unspecified atom stereocenters. The van der Waals surface area contributed by atoms with E-state index in [1.807, 2.05) is 0 Å². The van der Waals surface area contributed by atoms with Crippen molar-refractivity contribution in [1.82, 2.24) is 15.2 Å². The van der Waals surface area contributed by atoms with Gasteiger partial charge in [-0.1, -0.05) is 37.3 Å². The first-order valence-corrected chi connectivity index (χ1v) is 12.5. The molecule has 2 amide bonds. The third-order valence-corrected chi connectivity index (χ3v) is 8.17. The largest absolute Gasteiger partial charge is 0.434 e. The molecule has 0 spiro atoms. The second kappa shape index (κ2) is 9.38. The number of carbonyl (C=O) groups is 3. The topological polar surface area (TPSA) is 127 Å². The number of amides is 2. The van der Waals surface area contributed by atoms with E-state index in [-0.39, 0.29) is 30.2 Å². The summed E-state index contributed by atoms with van der Waals surface area (Å²) in [4.78, 5) is 43.9. The molecule has 3 atom stereocenters. The number of para-hydroxylation sites is 2. The van der Waals surface area contributed by atoms with Crippen LogP contribution in [0.4, 0.5) is 0 Å². The third kappa shape index (κ3) is 4.45. The molecule has 178 valence electrons. The number of rotatable bonds is 7. The van der Waals surface area contributed by atoms with E-state index in [9.17, 15) is 22.8 Å². The van der Waals surface area contributed by atoms with Crippen molar-refractivity contribution in [3.05, 3.63) is 60.5 Å². The summed E-state index contributed by atoms with van der Waals surface area (Å²) in [6, 6.07) is 12.9. The van der Waals surface area contributed by atoms with Crippen LogP contribution in [0.5, 0.6) is 0 Å². The first-order chi connectivity index (χ1) is 16.2. The fourth-order valence-electron chi connectivity index (χ4n) is 4.17. The van der Waals surface area contributed by atoms with E-state index in [4.69, 9.17) is 4.42 Å². The summed E-state index contributed by atoms with van der Waals surface area (Å²) >= 11 is 0. The van der Waals surface area contributed by atoms with Crippen molar-refractivity contribution in [2.75, 3.05) is 6.54 Å². The lowest BCUT2D eigenvalue weighted by molar-refractivity contribution is -0.137. The fourth-order valence-corrected chi connectivity index (χ4v) is 5.88. The van der Waals surface area contributed by atoms with E-state index in [0.29, 0.717) is 11.1 Å². The maximum Gasteiger partial charge on any atom is 0.266 e. The highest BCUT2D eigenvalue weighted by Crippen LogP contribution is 2.28. The van der Waals surface area contributed by atoms with E-state index in [0.717, 1.165) is 0 Å². The van der Waals surface area contributed by atoms with E-state index in [1.54, 1.807) is 49.4 Å². The average molecular weight is 484 g/mol. The predicted molar refractivity (Wildman–Crippen MR) is 124 cm³/mol. The number of nitrogens with one attached hydrogen (secondary N) is 1. The third-order valence-electron chi connectivity index (χ3n) is 6.03. The van der Waals surface area contributed by atoms with Gasteiger partial charge in [-0.15, -0.1) is 0 Å². The summed E-state index contributed by atoms with van der Waals surface area (Å²) in [5.74, 6) is -1.61. The number of likely N-dealkylation sites (tertiary alicyclic amines) is 1. The van der Waals surface area contributed by atoms with Gasteiger partial charge in [0.15, 0.2) is 15.4 Å². The number of fused-ring (bicyclic) bond motifs is 1. The molecular formula is C24H25N3O6S. The molecule has 2 heterocycles. The van der Waals surface area contributed by atoms with Gasteiger partial charge in [-0.05, 0) is 37.1 Å². The predicted octanol–water partition coefficient (Wildman–Crippen LogP) is 2.37. The van der Waals surface area contributed by atoms with E-state index in [1.165, 1.54) is 24.0 Å². The SMILES string of the molecule is CC[C@H](NC(=O)[C@@H]1C[C@@H](S(=O)(=O)c2ccccc2)CN1C(C)=O)C(=O)c1nc2ccccc2o1. The molecule has 34 heavy (non-hydrogen) atoms. The summed E-state index contributed by atoms with van der Waals surface area (Å²) in [5, 5.41) is 1.74. The Hall–Kier alpha value is -3.53. The minimum absolute atomic E-state index is 0.0594. The molecule has 4 rings (SSSR count). The Kier molecular flexibility index (Phi) is 6.52. The summed E-state index contributed by atoms with van der Waals surface area (Å²) < 4.78 is 31.7. The number of aromatic nitrogens is 1. The summed E-state index contributed by atoms with van der Waals surface area (Å²) in [7, 11) is -3.75. The Morgan fingerprint density at radius 2 is 1.79 bits per heavy atom. The van der Waals surface area contributed by atoms with Gasteiger partial charge in [0.05, 0.1) is 16.2 Å². The highest BCUT2D eigenvalue weighted by atomic mass is 32.2. The van der Waals surface area contributed by atoms with E-state index >= 15 is 0 Å². The van der Waals surface area contributed by atoms with Crippen LogP contribution in [-0.4, -0.2) is 59.8 Å². The summed E-state index contributed by atoms with van der Waals surface area (Å²) in [6.45, 7) is 2.92. The number of sulfone groups is 1. The second-order valence-electron chi connectivity index (χ2n) is 8.22. The number of carbonyl (C=O) groups excluding carboxylic acids is 3. The van der Waals surface area contributed by atoms with Crippen LogP contribution in [0.1, 0.15) is 37.4 Å². The van der Waals surface area contributed by atoms with Crippen LogP contribution in [0, 0.1) is 0 Å². The zero-order valence-electron chi connectivity index (χ0n) is 18.8. The van der Waals surface area contributed by atoms with Crippen LogP contribution >= 0.6 is 0 Å². The molecule has 1 aliphatic rings. The van der Waals surface area contributed by atoms with Crippen LogP contribution in [0.15, 0.2) is 63.9 Å². The van der Waals surface area contributed by atoms with Crippen LogP contribution in [0.3, 0.4) is 0 Å². The van der Waals surface area contributed by atoms with Crippen molar-refractivity contribution in [1.29, 1.82) is 0 Å². The standard InChI is InChI=1S/C24H25N3O6S/c1-3-18(22(29)24-26-19-11-7-8-12-21(19)33-24)25-23(30)20-13-17(14-27(20)15(2)28)34(31,32)16-9-5-4-6-10-16/h4-12,17-18,20H,3,13-14H2,1-2H3,(H,25,30)/t17-,18+,20+/m1/s1. The molecule has 1 N–H and O–H groups in total. The highest BCUT2D eigenvalue weighted by molar-refractivity contribution is 7.92. The van der Waals surface area contributed by atoms with Crippen molar-refractivity contribution < 1.29 is 27.2 Å². The molecule has 0 saturated carbocycles. The van der Waals surface area contributed by atoms with Crippen molar-refractivity contribution in [3.63, 3.8) is 0 Å². The van der Waals surface area contributed by atoms with Crippen LogP contribution < -0.4 is 5.32 Å². The first kappa shape index (κ1) is 23.6. The smallest absolute Gasteiger partial charge is 0.266 e. The lowest BCUT2D eigenvalue weighted by Crippen LogP contribution is -2.50. The van der Waals surface area contributed by atoms with E-state index in [2.05, 4.69) is 10.3 Å². The monoisotopic (exact) mass is 483 g/mol. The van der Waals surface area contributed by atoms with E-state index < -0.39 is 44.8 Å². The number of ketones is 1. The molecule has 0 bridgehead atoms. The van der Waals surface area contributed by atoms with Gasteiger partial charge in [-0.2, -0.15) is 0 Å².